The summed E-state index contributed by atoms with van der Waals surface area (Å²) in [4.78, 5) is 4.34. The molecule has 0 radical (unpaired) electrons. The van der Waals surface area contributed by atoms with Crippen LogP contribution < -0.4 is 0 Å². The van der Waals surface area contributed by atoms with Crippen LogP contribution in [0.3, 0.4) is 0 Å². The number of oxazole rings is 1. The van der Waals surface area contributed by atoms with Gasteiger partial charge in [0.1, 0.15) is 5.52 Å². The number of nitrogens with zero attached hydrogens (tertiary/aromatic N) is 1. The first-order chi connectivity index (χ1) is 9.74. The molecule has 4 heteroatoms. The molecule has 0 saturated heterocycles. The molecule has 1 heterocycles. The fraction of sp³-hybridized carbons (Fsp3) is 0.0625. The van der Waals surface area contributed by atoms with Gasteiger partial charge in [-0.2, -0.15) is 0 Å². The smallest absolute Gasteiger partial charge is 0.220 e. The lowest BCUT2D eigenvalue weighted by Crippen LogP contribution is -1.82. The van der Waals surface area contributed by atoms with Crippen molar-refractivity contribution in [2.45, 2.75) is 6.61 Å². The van der Waals surface area contributed by atoms with Crippen LogP contribution in [0.2, 0.25) is 5.02 Å². The van der Waals surface area contributed by atoms with E-state index in [1.807, 2.05) is 30.3 Å². The van der Waals surface area contributed by atoms with Gasteiger partial charge < -0.3 is 9.52 Å². The molecule has 0 spiro atoms. The van der Waals surface area contributed by atoms with E-state index in [0.717, 1.165) is 16.6 Å². The molecule has 0 amide bonds. The average molecular weight is 286 g/mol. The highest BCUT2D eigenvalue weighted by molar-refractivity contribution is 6.31. The number of hydrogen-bond acceptors (Lipinski definition) is 3. The van der Waals surface area contributed by atoms with Gasteiger partial charge in [0, 0.05) is 11.1 Å². The van der Waals surface area contributed by atoms with Crippen LogP contribution in [0.4, 0.5) is 0 Å². The number of benzene rings is 2. The zero-order valence-electron chi connectivity index (χ0n) is 10.6. The van der Waals surface area contributed by atoms with Gasteiger partial charge in [-0.15, -0.1) is 0 Å². The molecule has 1 aromatic heterocycles. The maximum Gasteiger partial charge on any atom is 0.220 e. The zero-order valence-corrected chi connectivity index (χ0v) is 11.3. The van der Waals surface area contributed by atoms with E-state index in [9.17, 15) is 0 Å². The summed E-state index contributed by atoms with van der Waals surface area (Å²) >= 11 is 5.91. The van der Waals surface area contributed by atoms with Crippen molar-refractivity contribution in [1.82, 2.24) is 4.98 Å². The number of halogens is 1. The molecule has 0 aliphatic rings. The Morgan fingerprint density at radius 1 is 1.15 bits per heavy atom. The Kier molecular flexibility index (Phi) is 3.54. The zero-order chi connectivity index (χ0) is 13.9. The molecular formula is C16H12ClNO2. The molecule has 3 rings (SSSR count). The van der Waals surface area contributed by atoms with Crippen LogP contribution in [0.1, 0.15) is 17.0 Å². The van der Waals surface area contributed by atoms with Gasteiger partial charge in [0.2, 0.25) is 5.89 Å². The van der Waals surface area contributed by atoms with Crippen LogP contribution in [0.25, 0.3) is 23.3 Å². The summed E-state index contributed by atoms with van der Waals surface area (Å²) < 4.78 is 5.60. The Hall–Kier alpha value is -2.10. The molecule has 20 heavy (non-hydrogen) atoms. The van der Waals surface area contributed by atoms with Crippen LogP contribution in [0.5, 0.6) is 0 Å². The normalized spacial score (nSPS) is 11.5. The van der Waals surface area contributed by atoms with Gasteiger partial charge in [0.15, 0.2) is 5.58 Å². The van der Waals surface area contributed by atoms with E-state index < -0.39 is 0 Å². The number of aromatic nitrogens is 1. The highest BCUT2D eigenvalue weighted by atomic mass is 35.5. The number of aliphatic hydroxyl groups is 1. The molecule has 100 valence electrons. The molecule has 0 saturated carbocycles. The third kappa shape index (κ3) is 2.74. The summed E-state index contributed by atoms with van der Waals surface area (Å²) in [5.74, 6) is 0.525. The first-order valence-corrected chi connectivity index (χ1v) is 6.56. The van der Waals surface area contributed by atoms with E-state index >= 15 is 0 Å². The Bertz CT molecular complexity index is 777. The van der Waals surface area contributed by atoms with Crippen LogP contribution >= 0.6 is 11.6 Å². The molecule has 0 aliphatic heterocycles. The van der Waals surface area contributed by atoms with Crippen molar-refractivity contribution < 1.29 is 9.52 Å². The van der Waals surface area contributed by atoms with E-state index in [-0.39, 0.29) is 6.61 Å². The Balaban J connectivity index is 1.89. The van der Waals surface area contributed by atoms with Gasteiger partial charge >= 0.3 is 0 Å². The lowest BCUT2D eigenvalue weighted by Gasteiger charge is -1.96. The third-order valence-corrected chi connectivity index (χ3v) is 3.15. The second-order valence-corrected chi connectivity index (χ2v) is 4.84. The maximum absolute atomic E-state index is 9.10. The fourth-order valence-electron chi connectivity index (χ4n) is 1.95. The van der Waals surface area contributed by atoms with E-state index in [0.29, 0.717) is 16.5 Å². The van der Waals surface area contributed by atoms with E-state index in [4.69, 9.17) is 21.1 Å². The molecule has 2 aromatic carbocycles. The molecule has 0 atom stereocenters. The molecule has 0 aliphatic carbocycles. The van der Waals surface area contributed by atoms with Crippen molar-refractivity contribution in [3.8, 4) is 0 Å². The predicted molar refractivity (Wildman–Crippen MR) is 80.3 cm³/mol. The number of hydrogen-bond donors (Lipinski definition) is 1. The van der Waals surface area contributed by atoms with Crippen molar-refractivity contribution >= 4 is 34.9 Å². The highest BCUT2D eigenvalue weighted by Crippen LogP contribution is 2.21. The van der Waals surface area contributed by atoms with Crippen LogP contribution in [0.15, 0.2) is 46.9 Å². The van der Waals surface area contributed by atoms with E-state index in [1.165, 1.54) is 0 Å². The van der Waals surface area contributed by atoms with Gasteiger partial charge in [-0.25, -0.2) is 4.98 Å². The minimum Gasteiger partial charge on any atom is -0.437 e. The van der Waals surface area contributed by atoms with Gasteiger partial charge in [0.05, 0.1) is 6.61 Å². The first kappa shape index (κ1) is 12.9. The van der Waals surface area contributed by atoms with Crippen molar-refractivity contribution in [1.29, 1.82) is 0 Å². The first-order valence-electron chi connectivity index (χ1n) is 6.18. The summed E-state index contributed by atoms with van der Waals surface area (Å²) in [6.45, 7) is 0.0308. The van der Waals surface area contributed by atoms with Gasteiger partial charge in [-0.3, -0.25) is 0 Å². The second-order valence-electron chi connectivity index (χ2n) is 4.40. The Labute approximate surface area is 121 Å². The topological polar surface area (TPSA) is 46.3 Å². The standard InChI is InChI=1S/C16H12ClNO2/c17-13-5-6-15-14(9-13)18-16(20-15)7-4-11-2-1-3-12(8-11)10-19/h1-9,19H,10H2. The Morgan fingerprint density at radius 3 is 2.90 bits per heavy atom. The minimum atomic E-state index is 0.0308. The molecular weight excluding hydrogens is 274 g/mol. The van der Waals surface area contributed by atoms with Crippen molar-refractivity contribution in [3.63, 3.8) is 0 Å². The Morgan fingerprint density at radius 2 is 2.05 bits per heavy atom. The predicted octanol–water partition coefficient (Wildman–Crippen LogP) is 4.14. The molecule has 0 fully saturated rings. The summed E-state index contributed by atoms with van der Waals surface area (Å²) in [5.41, 5.74) is 3.30. The molecule has 0 bridgehead atoms. The van der Waals surface area contributed by atoms with Crippen molar-refractivity contribution in [2.75, 3.05) is 0 Å². The lowest BCUT2D eigenvalue weighted by molar-refractivity contribution is 0.282. The van der Waals surface area contributed by atoms with Crippen LogP contribution in [-0.2, 0) is 6.61 Å². The maximum atomic E-state index is 9.10. The monoisotopic (exact) mass is 285 g/mol. The molecule has 3 aromatic rings. The number of fused-ring (bicyclic) bond motifs is 1. The summed E-state index contributed by atoms with van der Waals surface area (Å²) in [5, 5.41) is 9.74. The van der Waals surface area contributed by atoms with Gasteiger partial charge in [-0.05, 0) is 41.5 Å². The van der Waals surface area contributed by atoms with E-state index in [2.05, 4.69) is 4.98 Å². The number of aliphatic hydroxyl groups excluding tert-OH is 1. The molecule has 3 nitrogen and oxygen atoms in total. The van der Waals surface area contributed by atoms with Crippen molar-refractivity contribution in [2.24, 2.45) is 0 Å². The lowest BCUT2D eigenvalue weighted by atomic mass is 10.1. The molecule has 1 N–H and O–H groups in total. The van der Waals surface area contributed by atoms with E-state index in [1.54, 1.807) is 24.3 Å². The fourth-order valence-corrected chi connectivity index (χ4v) is 2.12. The van der Waals surface area contributed by atoms with Gasteiger partial charge in [-0.1, -0.05) is 29.8 Å². The van der Waals surface area contributed by atoms with Crippen molar-refractivity contribution in [3.05, 3.63) is 64.5 Å². The largest absolute Gasteiger partial charge is 0.437 e. The van der Waals surface area contributed by atoms with Crippen LogP contribution in [0, 0.1) is 0 Å². The summed E-state index contributed by atoms with van der Waals surface area (Å²) in [6.07, 6.45) is 3.69. The molecule has 0 unspecified atom stereocenters. The average Bonchev–Trinajstić information content (AvgIpc) is 2.87. The highest BCUT2D eigenvalue weighted by Gasteiger charge is 2.03. The number of rotatable bonds is 3. The van der Waals surface area contributed by atoms with Gasteiger partial charge in [0.25, 0.3) is 0 Å². The van der Waals surface area contributed by atoms with Crippen LogP contribution in [-0.4, -0.2) is 10.1 Å². The summed E-state index contributed by atoms with van der Waals surface area (Å²) in [7, 11) is 0. The minimum absolute atomic E-state index is 0.0308. The quantitative estimate of drug-likeness (QED) is 0.786. The second kappa shape index (κ2) is 5.49. The third-order valence-electron chi connectivity index (χ3n) is 2.92. The summed E-state index contributed by atoms with van der Waals surface area (Å²) in [6, 6.07) is 13.0. The SMILES string of the molecule is OCc1cccc(C=Cc2nc3cc(Cl)ccc3o2)c1.